The fourth-order valence-corrected chi connectivity index (χ4v) is 3.73. The highest BCUT2D eigenvalue weighted by Crippen LogP contribution is 2.39. The van der Waals surface area contributed by atoms with E-state index < -0.39 is 11.3 Å². The average Bonchev–Trinajstić information content (AvgIpc) is 3.11. The van der Waals surface area contributed by atoms with Crippen LogP contribution in [0.1, 0.15) is 35.1 Å². The van der Waals surface area contributed by atoms with Crippen LogP contribution >= 0.6 is 11.8 Å². The third kappa shape index (κ3) is 4.94. The highest BCUT2D eigenvalue weighted by Gasteiger charge is 2.32. The Morgan fingerprint density at radius 1 is 1.07 bits per heavy atom. The number of carbonyl (C=O) groups is 3. The summed E-state index contributed by atoms with van der Waals surface area (Å²) in [6.07, 6.45) is 0. The molecule has 2 aromatic rings. The second-order valence-corrected chi connectivity index (χ2v) is 7.18. The van der Waals surface area contributed by atoms with Gasteiger partial charge in [0.15, 0.2) is 5.17 Å². The van der Waals surface area contributed by atoms with Gasteiger partial charge in [0.1, 0.15) is 16.9 Å². The molecular weight excluding hydrogens is 394 g/mol. The van der Waals surface area contributed by atoms with Crippen molar-refractivity contribution in [3.63, 3.8) is 0 Å². The molecule has 0 saturated carbocycles. The zero-order chi connectivity index (χ0) is 21.0. The van der Waals surface area contributed by atoms with Gasteiger partial charge in [-0.25, -0.2) is 9.80 Å². The molecule has 29 heavy (non-hydrogen) atoms. The fourth-order valence-electron chi connectivity index (χ4n) is 2.60. The summed E-state index contributed by atoms with van der Waals surface area (Å²) in [6.45, 7) is 2.76. The minimum absolute atomic E-state index is 0.275. The van der Waals surface area contributed by atoms with Crippen molar-refractivity contribution in [2.24, 2.45) is 5.10 Å². The molecule has 0 aliphatic carbocycles. The predicted molar refractivity (Wildman–Crippen MR) is 108 cm³/mol. The van der Waals surface area contributed by atoms with Crippen molar-refractivity contribution < 1.29 is 23.9 Å². The van der Waals surface area contributed by atoms with E-state index in [0.717, 1.165) is 0 Å². The maximum atomic E-state index is 12.4. The average molecular weight is 413 g/mol. The first-order valence-electron chi connectivity index (χ1n) is 8.66. The van der Waals surface area contributed by atoms with Crippen LogP contribution in [0.5, 0.6) is 11.5 Å². The summed E-state index contributed by atoms with van der Waals surface area (Å²) < 4.78 is 10.5. The minimum Gasteiger partial charge on any atom is -0.497 e. The van der Waals surface area contributed by atoms with Crippen molar-refractivity contribution in [2.75, 3.05) is 7.11 Å². The number of amidine groups is 1. The molecule has 1 atom stereocenters. The van der Waals surface area contributed by atoms with E-state index in [9.17, 15) is 14.4 Å². The van der Waals surface area contributed by atoms with E-state index in [0.29, 0.717) is 27.8 Å². The van der Waals surface area contributed by atoms with E-state index in [4.69, 9.17) is 9.47 Å². The molecule has 1 unspecified atom stereocenters. The third-order valence-corrected chi connectivity index (χ3v) is 5.03. The van der Waals surface area contributed by atoms with Gasteiger partial charge in [-0.2, -0.15) is 0 Å². The molecule has 1 aliphatic rings. The number of esters is 1. The summed E-state index contributed by atoms with van der Waals surface area (Å²) in [7, 11) is 1.55. The summed E-state index contributed by atoms with van der Waals surface area (Å²) in [5.74, 6) is -0.0879. The molecule has 2 amide bonds. The molecule has 1 heterocycles. The fraction of sp³-hybridized carbons (Fsp3) is 0.200. The van der Waals surface area contributed by atoms with Gasteiger partial charge < -0.3 is 14.8 Å². The molecule has 150 valence electrons. The van der Waals surface area contributed by atoms with E-state index in [2.05, 4.69) is 10.4 Å². The Bertz CT molecular complexity index is 974. The summed E-state index contributed by atoms with van der Waals surface area (Å²) >= 11 is 1.23. The van der Waals surface area contributed by atoms with E-state index >= 15 is 0 Å². The molecule has 2 aromatic carbocycles. The number of thioether (sulfide) groups is 1. The lowest BCUT2D eigenvalue weighted by atomic mass is 10.2. The van der Waals surface area contributed by atoms with Gasteiger partial charge in [0.25, 0.3) is 0 Å². The molecule has 0 aromatic heterocycles. The van der Waals surface area contributed by atoms with E-state index in [1.807, 2.05) is 0 Å². The second-order valence-electron chi connectivity index (χ2n) is 6.11. The number of carbonyl (C=O) groups excluding carboxylic acids is 3. The van der Waals surface area contributed by atoms with Gasteiger partial charge in [0, 0.05) is 13.8 Å². The molecule has 8 nitrogen and oxygen atoms in total. The van der Waals surface area contributed by atoms with E-state index in [1.54, 1.807) is 55.6 Å². The monoisotopic (exact) mass is 413 g/mol. The molecule has 9 heteroatoms. The Hall–Kier alpha value is -3.33. The molecule has 1 N–H and O–H groups in total. The number of rotatable bonds is 4. The highest BCUT2D eigenvalue weighted by atomic mass is 32.2. The van der Waals surface area contributed by atoms with Crippen LogP contribution in [-0.4, -0.2) is 35.1 Å². The number of amides is 2. The first-order chi connectivity index (χ1) is 13.9. The minimum atomic E-state index is -0.512. The number of ether oxygens (including phenoxy) is 2. The Morgan fingerprint density at radius 3 is 2.41 bits per heavy atom. The van der Waals surface area contributed by atoms with Crippen LogP contribution in [-0.2, 0) is 9.59 Å². The van der Waals surface area contributed by atoms with Crippen LogP contribution in [0.25, 0.3) is 0 Å². The molecule has 1 aliphatic heterocycles. The predicted octanol–water partition coefficient (Wildman–Crippen LogP) is 2.92. The second kappa shape index (κ2) is 8.78. The quantitative estimate of drug-likeness (QED) is 0.611. The largest absolute Gasteiger partial charge is 0.497 e. The SMILES string of the molecule is COc1ccc(C(=O)Oc2cccc(C3SC(NC(C)=O)=NN3C(C)=O)c2)cc1. The van der Waals surface area contributed by atoms with Crippen LogP contribution < -0.4 is 14.8 Å². The molecule has 0 spiro atoms. The van der Waals surface area contributed by atoms with E-state index in [1.165, 1.54) is 30.6 Å². The Labute approximate surface area is 171 Å². The Morgan fingerprint density at radius 2 is 1.79 bits per heavy atom. The number of benzene rings is 2. The highest BCUT2D eigenvalue weighted by molar-refractivity contribution is 8.14. The van der Waals surface area contributed by atoms with Gasteiger partial charge in [-0.1, -0.05) is 23.9 Å². The zero-order valence-corrected chi connectivity index (χ0v) is 16.9. The molecule has 0 fully saturated rings. The topological polar surface area (TPSA) is 97.3 Å². The normalized spacial score (nSPS) is 15.5. The number of hydrogen-bond donors (Lipinski definition) is 1. The van der Waals surface area contributed by atoms with Crippen LogP contribution in [0.15, 0.2) is 53.6 Å². The Kier molecular flexibility index (Phi) is 6.18. The van der Waals surface area contributed by atoms with Crippen molar-refractivity contribution >= 4 is 34.7 Å². The third-order valence-electron chi connectivity index (χ3n) is 3.93. The maximum absolute atomic E-state index is 12.4. The van der Waals surface area contributed by atoms with Crippen molar-refractivity contribution in [1.29, 1.82) is 0 Å². The number of nitrogens with one attached hydrogen (secondary N) is 1. The van der Waals surface area contributed by atoms with Gasteiger partial charge in [-0.05, 0) is 42.0 Å². The van der Waals surface area contributed by atoms with Crippen LogP contribution in [0, 0.1) is 0 Å². The first-order valence-corrected chi connectivity index (χ1v) is 9.54. The van der Waals surface area contributed by atoms with E-state index in [-0.39, 0.29) is 11.8 Å². The zero-order valence-electron chi connectivity index (χ0n) is 16.0. The number of hydrogen-bond acceptors (Lipinski definition) is 7. The van der Waals surface area contributed by atoms with Crippen molar-refractivity contribution in [2.45, 2.75) is 19.2 Å². The standard InChI is InChI=1S/C20H19N3O5S/c1-12(24)21-20-22-23(13(2)25)18(29-20)15-5-4-6-17(11-15)28-19(26)14-7-9-16(27-3)10-8-14/h4-11,18H,1-3H3,(H,21,22,24). The van der Waals surface area contributed by atoms with Gasteiger partial charge >= 0.3 is 5.97 Å². The molecule has 0 bridgehead atoms. The van der Waals surface area contributed by atoms with Crippen LogP contribution in [0.3, 0.4) is 0 Å². The Balaban J connectivity index is 1.77. The molecule has 0 saturated heterocycles. The van der Waals surface area contributed by atoms with Crippen LogP contribution in [0.2, 0.25) is 0 Å². The number of methoxy groups -OCH3 is 1. The summed E-state index contributed by atoms with van der Waals surface area (Å²) in [5.41, 5.74) is 1.09. The smallest absolute Gasteiger partial charge is 0.343 e. The van der Waals surface area contributed by atoms with Gasteiger partial charge in [-0.15, -0.1) is 5.10 Å². The summed E-state index contributed by atoms with van der Waals surface area (Å²) in [4.78, 5) is 35.6. The number of nitrogens with zero attached hydrogens (tertiary/aromatic N) is 2. The lowest BCUT2D eigenvalue weighted by Gasteiger charge is -2.19. The number of hydrazone groups is 1. The lowest BCUT2D eigenvalue weighted by molar-refractivity contribution is -0.129. The molecular formula is C20H19N3O5S. The van der Waals surface area contributed by atoms with Crippen molar-refractivity contribution in [3.8, 4) is 11.5 Å². The van der Waals surface area contributed by atoms with Crippen LogP contribution in [0.4, 0.5) is 0 Å². The molecule has 3 rings (SSSR count). The first kappa shape index (κ1) is 20.4. The van der Waals surface area contributed by atoms with Crippen molar-refractivity contribution in [1.82, 2.24) is 10.3 Å². The summed E-state index contributed by atoms with van der Waals surface area (Å²) in [6, 6.07) is 13.4. The van der Waals surface area contributed by atoms with Gasteiger partial charge in [0.05, 0.1) is 12.7 Å². The van der Waals surface area contributed by atoms with Crippen molar-refractivity contribution in [3.05, 3.63) is 59.7 Å². The molecule has 0 radical (unpaired) electrons. The maximum Gasteiger partial charge on any atom is 0.343 e. The summed E-state index contributed by atoms with van der Waals surface area (Å²) in [5, 5.41) is 7.87. The lowest BCUT2D eigenvalue weighted by Crippen LogP contribution is -2.25. The van der Waals surface area contributed by atoms with Gasteiger partial charge in [0.2, 0.25) is 11.8 Å². The van der Waals surface area contributed by atoms with Gasteiger partial charge in [-0.3, -0.25) is 9.59 Å².